The van der Waals surface area contributed by atoms with Gasteiger partial charge in [-0.15, -0.1) is 0 Å². The number of hydrogen-bond donors (Lipinski definition) is 2. The van der Waals surface area contributed by atoms with Gasteiger partial charge in [0.25, 0.3) is 0 Å². The van der Waals surface area contributed by atoms with Crippen molar-refractivity contribution >= 4 is 0 Å². The summed E-state index contributed by atoms with van der Waals surface area (Å²) in [6, 6.07) is 4.98. The summed E-state index contributed by atoms with van der Waals surface area (Å²) in [5, 5.41) is 3.13. The van der Waals surface area contributed by atoms with Crippen LogP contribution in [0.25, 0.3) is 11.3 Å². The van der Waals surface area contributed by atoms with Gasteiger partial charge in [0.15, 0.2) is 0 Å². The van der Waals surface area contributed by atoms with E-state index < -0.39 is 11.7 Å². The minimum Gasteiger partial charge on any atom is -0.383 e. The number of ether oxygens (including phenoxy) is 1. The first-order valence-electron chi connectivity index (χ1n) is 6.42. The van der Waals surface area contributed by atoms with Crippen molar-refractivity contribution in [1.82, 2.24) is 15.3 Å². The lowest BCUT2D eigenvalue weighted by atomic mass is 10.1. The van der Waals surface area contributed by atoms with Crippen molar-refractivity contribution in [3.63, 3.8) is 0 Å². The number of H-pyrrole nitrogens is 1. The van der Waals surface area contributed by atoms with Crippen LogP contribution in [0.3, 0.4) is 0 Å². The predicted molar refractivity (Wildman–Crippen MR) is 72.6 cm³/mol. The molecule has 0 fully saturated rings. The van der Waals surface area contributed by atoms with Crippen molar-refractivity contribution in [2.45, 2.75) is 12.7 Å². The molecule has 1 aromatic carbocycles. The van der Waals surface area contributed by atoms with Gasteiger partial charge in [0, 0.05) is 13.7 Å². The molecular weight excluding hydrogens is 283 g/mol. The van der Waals surface area contributed by atoms with Crippen molar-refractivity contribution in [1.29, 1.82) is 0 Å². The summed E-state index contributed by atoms with van der Waals surface area (Å²) in [7, 11) is 1.62. The second-order valence-corrected chi connectivity index (χ2v) is 4.49. The second-order valence-electron chi connectivity index (χ2n) is 4.49. The molecule has 0 saturated heterocycles. The first-order chi connectivity index (χ1) is 10.0. The Balaban J connectivity index is 2.00. The minimum atomic E-state index is -4.32. The van der Waals surface area contributed by atoms with Crippen LogP contribution in [0.2, 0.25) is 0 Å². The molecule has 0 amide bonds. The predicted octanol–water partition coefficient (Wildman–Crippen LogP) is 2.83. The molecule has 1 heterocycles. The van der Waals surface area contributed by atoms with E-state index >= 15 is 0 Å². The second kappa shape index (κ2) is 6.73. The molecule has 2 N–H and O–H groups in total. The Hall–Kier alpha value is -1.86. The standard InChI is InChI=1S/C14H16F3N3O/c1-21-7-6-18-9-13-19-8-12(20-13)10-2-4-11(5-3-10)14(15,16)17/h2-5,8,18H,6-7,9H2,1H3,(H,19,20). The first-order valence-corrected chi connectivity index (χ1v) is 6.42. The van der Waals surface area contributed by atoms with E-state index in [-0.39, 0.29) is 0 Å². The highest BCUT2D eigenvalue weighted by Crippen LogP contribution is 2.30. The van der Waals surface area contributed by atoms with Crippen molar-refractivity contribution in [2.75, 3.05) is 20.3 Å². The van der Waals surface area contributed by atoms with Crippen LogP contribution in [0, 0.1) is 0 Å². The monoisotopic (exact) mass is 299 g/mol. The van der Waals surface area contributed by atoms with Crippen LogP contribution in [-0.4, -0.2) is 30.2 Å². The molecule has 0 unspecified atom stereocenters. The zero-order valence-electron chi connectivity index (χ0n) is 11.5. The van der Waals surface area contributed by atoms with Crippen molar-refractivity contribution < 1.29 is 17.9 Å². The molecule has 0 aliphatic carbocycles. The highest BCUT2D eigenvalue weighted by Gasteiger charge is 2.29. The Morgan fingerprint density at radius 2 is 1.95 bits per heavy atom. The summed E-state index contributed by atoms with van der Waals surface area (Å²) in [4.78, 5) is 7.25. The number of methoxy groups -OCH3 is 1. The van der Waals surface area contributed by atoms with E-state index in [9.17, 15) is 13.2 Å². The summed E-state index contributed by atoms with van der Waals surface area (Å²) >= 11 is 0. The number of halogens is 3. The van der Waals surface area contributed by atoms with Gasteiger partial charge in [-0.3, -0.25) is 0 Å². The van der Waals surface area contributed by atoms with Crippen LogP contribution in [-0.2, 0) is 17.5 Å². The van der Waals surface area contributed by atoms with Gasteiger partial charge in [-0.2, -0.15) is 13.2 Å². The third kappa shape index (κ3) is 4.30. The van der Waals surface area contributed by atoms with E-state index in [4.69, 9.17) is 4.74 Å². The van der Waals surface area contributed by atoms with Gasteiger partial charge in [-0.1, -0.05) is 12.1 Å². The van der Waals surface area contributed by atoms with Gasteiger partial charge in [0.1, 0.15) is 5.82 Å². The molecule has 114 valence electrons. The van der Waals surface area contributed by atoms with Crippen LogP contribution in [0.5, 0.6) is 0 Å². The van der Waals surface area contributed by atoms with Gasteiger partial charge < -0.3 is 15.0 Å². The average molecular weight is 299 g/mol. The molecule has 0 aliphatic rings. The Kier molecular flexibility index (Phi) is 4.98. The SMILES string of the molecule is COCCNCc1ncc(-c2ccc(C(F)(F)F)cc2)[nH]1. The quantitative estimate of drug-likeness (QED) is 0.806. The maximum atomic E-state index is 12.5. The Bertz CT molecular complexity index is 564. The number of nitrogens with one attached hydrogen (secondary N) is 2. The summed E-state index contributed by atoms with van der Waals surface area (Å²) in [6.07, 6.45) is -2.71. The molecule has 0 spiro atoms. The number of hydrogen-bond acceptors (Lipinski definition) is 3. The average Bonchev–Trinajstić information content (AvgIpc) is 2.92. The molecule has 2 rings (SSSR count). The normalized spacial score (nSPS) is 11.8. The summed E-state index contributed by atoms with van der Waals surface area (Å²) in [6.45, 7) is 1.85. The summed E-state index contributed by atoms with van der Waals surface area (Å²) in [5.41, 5.74) is 0.693. The van der Waals surface area contributed by atoms with Crippen LogP contribution >= 0.6 is 0 Å². The van der Waals surface area contributed by atoms with Gasteiger partial charge in [0.05, 0.1) is 30.6 Å². The lowest BCUT2D eigenvalue weighted by molar-refractivity contribution is -0.137. The van der Waals surface area contributed by atoms with Crippen molar-refractivity contribution in [3.05, 3.63) is 41.9 Å². The number of benzene rings is 1. The fraction of sp³-hybridized carbons (Fsp3) is 0.357. The van der Waals surface area contributed by atoms with Gasteiger partial charge in [-0.25, -0.2) is 4.98 Å². The van der Waals surface area contributed by atoms with Crippen LogP contribution in [0.1, 0.15) is 11.4 Å². The van der Waals surface area contributed by atoms with Gasteiger partial charge >= 0.3 is 6.18 Å². The van der Waals surface area contributed by atoms with E-state index in [1.165, 1.54) is 12.1 Å². The highest BCUT2D eigenvalue weighted by molar-refractivity contribution is 5.58. The number of alkyl halides is 3. The zero-order valence-corrected chi connectivity index (χ0v) is 11.5. The molecule has 4 nitrogen and oxygen atoms in total. The third-order valence-electron chi connectivity index (χ3n) is 2.93. The Morgan fingerprint density at radius 1 is 1.24 bits per heavy atom. The molecule has 0 atom stereocenters. The Morgan fingerprint density at radius 3 is 2.57 bits per heavy atom. The number of imidazole rings is 1. The number of aromatic nitrogens is 2. The molecule has 0 aliphatic heterocycles. The largest absolute Gasteiger partial charge is 0.416 e. The Labute approximate surface area is 120 Å². The van der Waals surface area contributed by atoms with Gasteiger partial charge in [0.2, 0.25) is 0 Å². The maximum absolute atomic E-state index is 12.5. The molecule has 0 bridgehead atoms. The molecule has 0 saturated carbocycles. The number of nitrogens with zero attached hydrogens (tertiary/aromatic N) is 1. The molecular formula is C14H16F3N3O. The lowest BCUT2D eigenvalue weighted by Gasteiger charge is -2.06. The zero-order chi connectivity index (χ0) is 15.3. The summed E-state index contributed by atoms with van der Waals surface area (Å²) < 4.78 is 42.4. The number of rotatable bonds is 6. The molecule has 21 heavy (non-hydrogen) atoms. The third-order valence-corrected chi connectivity index (χ3v) is 2.93. The van der Waals surface area contributed by atoms with E-state index in [0.29, 0.717) is 31.0 Å². The van der Waals surface area contributed by atoms with Crippen molar-refractivity contribution in [3.8, 4) is 11.3 Å². The maximum Gasteiger partial charge on any atom is 0.416 e. The fourth-order valence-corrected chi connectivity index (χ4v) is 1.82. The fourth-order valence-electron chi connectivity index (χ4n) is 1.82. The van der Waals surface area contributed by atoms with Crippen LogP contribution in [0.4, 0.5) is 13.2 Å². The van der Waals surface area contributed by atoms with E-state index in [2.05, 4.69) is 15.3 Å². The van der Waals surface area contributed by atoms with E-state index in [1.807, 2.05) is 0 Å². The van der Waals surface area contributed by atoms with E-state index in [0.717, 1.165) is 18.0 Å². The topological polar surface area (TPSA) is 49.9 Å². The highest BCUT2D eigenvalue weighted by atomic mass is 19.4. The van der Waals surface area contributed by atoms with Crippen LogP contribution in [0.15, 0.2) is 30.5 Å². The molecule has 1 aromatic heterocycles. The molecule has 7 heteroatoms. The van der Waals surface area contributed by atoms with E-state index in [1.54, 1.807) is 13.3 Å². The lowest BCUT2D eigenvalue weighted by Crippen LogP contribution is -2.19. The minimum absolute atomic E-state index is 0.546. The summed E-state index contributed by atoms with van der Waals surface area (Å²) in [5.74, 6) is 0.723. The molecule has 2 aromatic rings. The van der Waals surface area contributed by atoms with Crippen molar-refractivity contribution in [2.24, 2.45) is 0 Å². The van der Waals surface area contributed by atoms with Crippen LogP contribution < -0.4 is 5.32 Å². The number of aromatic amines is 1. The van der Waals surface area contributed by atoms with Gasteiger partial charge in [-0.05, 0) is 17.7 Å². The smallest absolute Gasteiger partial charge is 0.383 e. The molecule has 0 radical (unpaired) electrons. The first kappa shape index (κ1) is 15.5.